The summed E-state index contributed by atoms with van der Waals surface area (Å²) in [4.78, 5) is 39.2. The quantitative estimate of drug-likeness (QED) is 0.658. The Morgan fingerprint density at radius 2 is 1.52 bits per heavy atom. The van der Waals surface area contributed by atoms with Gasteiger partial charge in [0.2, 0.25) is 0 Å². The molecule has 31 heavy (non-hydrogen) atoms. The zero-order chi connectivity index (χ0) is 22.0. The van der Waals surface area contributed by atoms with Gasteiger partial charge in [-0.25, -0.2) is 0 Å². The Morgan fingerprint density at radius 3 is 2.16 bits per heavy atom. The number of carbonyl (C=O) groups is 3. The van der Waals surface area contributed by atoms with E-state index in [1.807, 2.05) is 31.2 Å². The summed E-state index contributed by atoms with van der Waals surface area (Å²) in [6.45, 7) is 1.98. The van der Waals surface area contributed by atoms with Gasteiger partial charge in [0.25, 0.3) is 17.7 Å². The maximum absolute atomic E-state index is 12.9. The number of hydrogen-bond acceptors (Lipinski definition) is 4. The minimum atomic E-state index is -0.435. The highest BCUT2D eigenvalue weighted by Crippen LogP contribution is 2.32. The number of imide groups is 1. The van der Waals surface area contributed by atoms with E-state index < -0.39 is 5.91 Å². The Balaban J connectivity index is 1.43. The lowest BCUT2D eigenvalue weighted by Gasteiger charge is -2.29. The van der Waals surface area contributed by atoms with Gasteiger partial charge >= 0.3 is 0 Å². The lowest BCUT2D eigenvalue weighted by atomic mass is 9.94. The van der Waals surface area contributed by atoms with E-state index in [1.54, 1.807) is 24.3 Å². The summed E-state index contributed by atoms with van der Waals surface area (Å²) in [6, 6.07) is 14.1. The van der Waals surface area contributed by atoms with E-state index in [0.29, 0.717) is 16.9 Å². The molecule has 0 atom stereocenters. The van der Waals surface area contributed by atoms with Crippen LogP contribution in [-0.2, 0) is 9.59 Å². The standard InChI is InChI=1S/C24H24ClN3O3/c1-15-7-11-18(12-8-15)27-22(29)16-9-13-17(14-10-16)26-21-20(25)23(30)28(24(21)31)19-5-3-2-4-6-19/h7-14,19,26H,2-6H2,1H3,(H,27,29). The number of anilines is 2. The van der Waals surface area contributed by atoms with Crippen molar-refractivity contribution >= 4 is 40.7 Å². The summed E-state index contributed by atoms with van der Waals surface area (Å²) in [6.07, 6.45) is 4.78. The Kier molecular flexibility index (Phi) is 6.09. The molecule has 1 heterocycles. The number of benzene rings is 2. The third kappa shape index (κ3) is 4.49. The van der Waals surface area contributed by atoms with Crippen LogP contribution >= 0.6 is 11.6 Å². The van der Waals surface area contributed by atoms with Crippen LogP contribution in [0.5, 0.6) is 0 Å². The van der Waals surface area contributed by atoms with Crippen molar-refractivity contribution in [3.8, 4) is 0 Å². The molecule has 1 saturated carbocycles. The molecule has 6 nitrogen and oxygen atoms in total. The number of rotatable bonds is 5. The van der Waals surface area contributed by atoms with E-state index >= 15 is 0 Å². The van der Waals surface area contributed by atoms with E-state index in [9.17, 15) is 14.4 Å². The van der Waals surface area contributed by atoms with Crippen LogP contribution in [0.3, 0.4) is 0 Å². The van der Waals surface area contributed by atoms with Gasteiger partial charge in [0, 0.05) is 23.0 Å². The summed E-state index contributed by atoms with van der Waals surface area (Å²) < 4.78 is 0. The van der Waals surface area contributed by atoms with E-state index in [2.05, 4.69) is 10.6 Å². The van der Waals surface area contributed by atoms with Crippen LogP contribution < -0.4 is 10.6 Å². The molecule has 2 aromatic carbocycles. The first-order valence-corrected chi connectivity index (χ1v) is 10.8. The fourth-order valence-corrected chi connectivity index (χ4v) is 4.21. The highest BCUT2D eigenvalue weighted by Gasteiger charge is 2.42. The Morgan fingerprint density at radius 1 is 0.903 bits per heavy atom. The maximum Gasteiger partial charge on any atom is 0.279 e. The smallest absolute Gasteiger partial charge is 0.279 e. The zero-order valence-electron chi connectivity index (χ0n) is 17.3. The van der Waals surface area contributed by atoms with Crippen LogP contribution in [0.2, 0.25) is 0 Å². The van der Waals surface area contributed by atoms with Gasteiger partial charge in [-0.1, -0.05) is 48.6 Å². The summed E-state index contributed by atoms with van der Waals surface area (Å²) in [5.41, 5.74) is 2.97. The molecule has 0 unspecified atom stereocenters. The van der Waals surface area contributed by atoms with Crippen molar-refractivity contribution in [2.24, 2.45) is 0 Å². The second-order valence-electron chi connectivity index (χ2n) is 7.98. The molecule has 4 rings (SSSR count). The van der Waals surface area contributed by atoms with Crippen LogP contribution in [0.25, 0.3) is 0 Å². The van der Waals surface area contributed by atoms with Gasteiger partial charge in [-0.15, -0.1) is 0 Å². The molecule has 1 aliphatic heterocycles. The van der Waals surface area contributed by atoms with Crippen molar-refractivity contribution in [3.05, 3.63) is 70.4 Å². The van der Waals surface area contributed by atoms with Crippen LogP contribution in [0, 0.1) is 6.92 Å². The lowest BCUT2D eigenvalue weighted by molar-refractivity contribution is -0.140. The van der Waals surface area contributed by atoms with Crippen molar-refractivity contribution in [1.82, 2.24) is 4.90 Å². The Bertz CT molecular complexity index is 1040. The fraction of sp³-hybridized carbons (Fsp3) is 0.292. The molecular formula is C24H24ClN3O3. The topological polar surface area (TPSA) is 78.5 Å². The van der Waals surface area contributed by atoms with Crippen LogP contribution in [0.4, 0.5) is 11.4 Å². The summed E-state index contributed by atoms with van der Waals surface area (Å²) in [5, 5.41) is 5.72. The van der Waals surface area contributed by atoms with Gasteiger partial charge in [-0.2, -0.15) is 0 Å². The lowest BCUT2D eigenvalue weighted by Crippen LogP contribution is -2.42. The van der Waals surface area contributed by atoms with E-state index in [1.165, 1.54) is 4.90 Å². The summed E-state index contributed by atoms with van der Waals surface area (Å²) in [7, 11) is 0. The Hall–Kier alpha value is -3.12. The zero-order valence-corrected chi connectivity index (χ0v) is 18.0. The Labute approximate surface area is 186 Å². The number of nitrogens with one attached hydrogen (secondary N) is 2. The molecule has 3 amide bonds. The SMILES string of the molecule is Cc1ccc(NC(=O)c2ccc(NC3=C(Cl)C(=O)N(C4CCCCC4)C3=O)cc2)cc1. The number of aryl methyl sites for hydroxylation is 1. The minimum Gasteiger partial charge on any atom is -0.350 e. The first-order chi connectivity index (χ1) is 14.9. The van der Waals surface area contributed by atoms with Gasteiger partial charge in [0.1, 0.15) is 10.7 Å². The molecule has 1 fully saturated rings. The summed E-state index contributed by atoms with van der Waals surface area (Å²) in [5.74, 6) is -1.05. The monoisotopic (exact) mass is 437 g/mol. The maximum atomic E-state index is 12.9. The molecule has 2 aromatic rings. The van der Waals surface area contributed by atoms with Crippen molar-refractivity contribution < 1.29 is 14.4 Å². The highest BCUT2D eigenvalue weighted by atomic mass is 35.5. The van der Waals surface area contributed by atoms with Crippen molar-refractivity contribution in [2.75, 3.05) is 10.6 Å². The van der Waals surface area contributed by atoms with Crippen LogP contribution in [0.15, 0.2) is 59.3 Å². The van der Waals surface area contributed by atoms with E-state index in [4.69, 9.17) is 11.6 Å². The van der Waals surface area contributed by atoms with Gasteiger partial charge in [0.15, 0.2) is 0 Å². The average Bonchev–Trinajstić information content (AvgIpc) is 2.99. The molecule has 160 valence electrons. The molecule has 0 radical (unpaired) electrons. The molecule has 2 aliphatic rings. The number of hydrogen-bond donors (Lipinski definition) is 2. The molecule has 0 spiro atoms. The third-order valence-electron chi connectivity index (χ3n) is 5.72. The number of carbonyl (C=O) groups excluding carboxylic acids is 3. The largest absolute Gasteiger partial charge is 0.350 e. The van der Waals surface area contributed by atoms with Crippen LogP contribution in [-0.4, -0.2) is 28.7 Å². The molecule has 7 heteroatoms. The van der Waals surface area contributed by atoms with Gasteiger partial charge in [0.05, 0.1) is 0 Å². The normalized spacial score (nSPS) is 17.3. The second-order valence-corrected chi connectivity index (χ2v) is 8.36. The molecular weight excluding hydrogens is 414 g/mol. The predicted octanol–water partition coefficient (Wildman–Crippen LogP) is 4.81. The van der Waals surface area contributed by atoms with Crippen molar-refractivity contribution in [3.63, 3.8) is 0 Å². The van der Waals surface area contributed by atoms with E-state index in [0.717, 1.165) is 37.7 Å². The first-order valence-electron chi connectivity index (χ1n) is 10.5. The average molecular weight is 438 g/mol. The van der Waals surface area contributed by atoms with Gasteiger partial charge in [-0.3, -0.25) is 19.3 Å². The van der Waals surface area contributed by atoms with Gasteiger partial charge in [-0.05, 0) is 56.2 Å². The van der Waals surface area contributed by atoms with E-state index in [-0.39, 0.29) is 28.6 Å². The minimum absolute atomic E-state index is 0.0863. The first kappa shape index (κ1) is 21.1. The second kappa shape index (κ2) is 8.94. The molecule has 2 N–H and O–H groups in total. The molecule has 0 saturated heterocycles. The highest BCUT2D eigenvalue weighted by molar-refractivity contribution is 6.48. The van der Waals surface area contributed by atoms with Crippen molar-refractivity contribution in [2.45, 2.75) is 45.1 Å². The van der Waals surface area contributed by atoms with Gasteiger partial charge < -0.3 is 10.6 Å². The third-order valence-corrected chi connectivity index (χ3v) is 6.08. The fourth-order valence-electron chi connectivity index (χ4n) is 3.99. The number of halogens is 1. The molecule has 0 bridgehead atoms. The van der Waals surface area contributed by atoms with Crippen LogP contribution in [0.1, 0.15) is 48.0 Å². The number of amides is 3. The molecule has 1 aliphatic carbocycles. The predicted molar refractivity (Wildman–Crippen MR) is 121 cm³/mol. The molecule has 0 aromatic heterocycles. The van der Waals surface area contributed by atoms with Crippen molar-refractivity contribution in [1.29, 1.82) is 0 Å². The summed E-state index contributed by atoms with van der Waals surface area (Å²) >= 11 is 6.21. The number of nitrogens with zero attached hydrogens (tertiary/aromatic N) is 1.